The molecule has 5 nitrogen and oxygen atoms in total. The molecule has 3 aromatic rings. The Morgan fingerprint density at radius 3 is 2.72 bits per heavy atom. The molecule has 0 bridgehead atoms. The van der Waals surface area contributed by atoms with Gasteiger partial charge in [-0.15, -0.1) is 0 Å². The molecule has 2 aromatic heterocycles. The summed E-state index contributed by atoms with van der Waals surface area (Å²) in [5.41, 5.74) is 7.63. The first-order valence-electron chi connectivity index (χ1n) is 7.47. The highest BCUT2D eigenvalue weighted by atomic mass is 35.5. The number of hydrazone groups is 1. The predicted molar refractivity (Wildman–Crippen MR) is 103 cm³/mol. The van der Waals surface area contributed by atoms with E-state index < -0.39 is 0 Å². The first kappa shape index (κ1) is 17.1. The topological polar surface area (TPSA) is 67.7 Å². The largest absolute Gasteiger partial charge is 0.455 e. The molecule has 0 radical (unpaired) electrons. The number of pyridine rings is 1. The molecular weight excluding hydrogens is 356 g/mol. The summed E-state index contributed by atoms with van der Waals surface area (Å²) in [6.07, 6.45) is 5.03. The minimum absolute atomic E-state index is 0.171. The van der Waals surface area contributed by atoms with Gasteiger partial charge in [0.25, 0.3) is 0 Å². The lowest BCUT2D eigenvalue weighted by molar-refractivity contribution is 0.442. The Hall–Kier alpha value is -2.70. The van der Waals surface area contributed by atoms with Crippen LogP contribution in [0.25, 0.3) is 11.3 Å². The summed E-state index contributed by atoms with van der Waals surface area (Å²) < 4.78 is 5.77. The maximum Gasteiger partial charge on any atom is 0.187 e. The van der Waals surface area contributed by atoms with Crippen molar-refractivity contribution in [2.75, 3.05) is 0 Å². The lowest BCUT2D eigenvalue weighted by Crippen LogP contribution is -2.30. The molecule has 1 aromatic carbocycles. The van der Waals surface area contributed by atoms with E-state index in [-0.39, 0.29) is 5.11 Å². The van der Waals surface area contributed by atoms with Crippen molar-refractivity contribution in [3.8, 4) is 11.3 Å². The number of thiocarbonyl (C=S) groups is 1. The lowest BCUT2D eigenvalue weighted by atomic mass is 10.2. The predicted octanol–water partition coefficient (Wildman–Crippen LogP) is 4.07. The van der Waals surface area contributed by atoms with Crippen LogP contribution in [-0.2, 0) is 6.54 Å². The summed E-state index contributed by atoms with van der Waals surface area (Å²) >= 11 is 11.0. The van der Waals surface area contributed by atoms with Crippen LogP contribution in [0.1, 0.15) is 11.3 Å². The minimum Gasteiger partial charge on any atom is -0.455 e. The van der Waals surface area contributed by atoms with Crippen molar-refractivity contribution in [1.82, 2.24) is 9.99 Å². The number of halogens is 1. The number of aromatic nitrogens is 1. The number of nitrogens with two attached hydrogens (primary N) is 1. The lowest BCUT2D eigenvalue weighted by Gasteiger charge is -2.16. The van der Waals surface area contributed by atoms with Gasteiger partial charge in [0, 0.05) is 23.0 Å². The first-order valence-corrected chi connectivity index (χ1v) is 8.26. The van der Waals surface area contributed by atoms with Crippen LogP contribution in [0.4, 0.5) is 0 Å². The zero-order valence-electron chi connectivity index (χ0n) is 13.2. The normalized spacial score (nSPS) is 10.9. The molecule has 25 heavy (non-hydrogen) atoms. The van der Waals surface area contributed by atoms with Gasteiger partial charge in [0.2, 0.25) is 0 Å². The summed E-state index contributed by atoms with van der Waals surface area (Å²) in [4.78, 5) is 4.07. The average molecular weight is 371 g/mol. The van der Waals surface area contributed by atoms with E-state index in [1.807, 2.05) is 48.5 Å². The van der Waals surface area contributed by atoms with Gasteiger partial charge < -0.3 is 10.2 Å². The number of nitrogens with zero attached hydrogens (tertiary/aromatic N) is 3. The zero-order chi connectivity index (χ0) is 17.6. The quantitative estimate of drug-likeness (QED) is 0.416. The second kappa shape index (κ2) is 7.92. The van der Waals surface area contributed by atoms with Crippen molar-refractivity contribution in [3.63, 3.8) is 0 Å². The molecule has 3 rings (SSSR count). The summed E-state index contributed by atoms with van der Waals surface area (Å²) in [5.74, 6) is 1.32. The fraction of sp³-hybridized carbons (Fsp3) is 0.0556. The molecule has 0 aliphatic carbocycles. The molecule has 0 aliphatic heterocycles. The van der Waals surface area contributed by atoms with Gasteiger partial charge in [-0.3, -0.25) is 4.98 Å². The standard InChI is InChI=1S/C18H15ClN4OS/c19-15-5-3-14(4-6-15)17-8-7-16(24-17)11-22-23(18(20)25)12-13-2-1-9-21-10-13/h1-11H,12H2,(H2,20,25). The Balaban J connectivity index is 1.73. The molecule has 0 saturated heterocycles. The van der Waals surface area contributed by atoms with Gasteiger partial charge in [-0.05, 0) is 60.2 Å². The van der Waals surface area contributed by atoms with Crippen LogP contribution in [0, 0.1) is 0 Å². The van der Waals surface area contributed by atoms with Gasteiger partial charge in [-0.1, -0.05) is 17.7 Å². The van der Waals surface area contributed by atoms with E-state index in [2.05, 4.69) is 10.1 Å². The van der Waals surface area contributed by atoms with Crippen molar-refractivity contribution in [2.45, 2.75) is 6.54 Å². The summed E-state index contributed by atoms with van der Waals surface area (Å²) in [6.45, 7) is 0.435. The Morgan fingerprint density at radius 1 is 1.24 bits per heavy atom. The maximum atomic E-state index is 5.90. The van der Waals surface area contributed by atoms with Gasteiger partial charge in [0.15, 0.2) is 5.11 Å². The molecule has 0 fully saturated rings. The number of hydrogen-bond donors (Lipinski definition) is 1. The highest BCUT2D eigenvalue weighted by Gasteiger charge is 2.07. The molecular formula is C18H15ClN4OS. The number of furan rings is 1. The van der Waals surface area contributed by atoms with E-state index >= 15 is 0 Å². The fourth-order valence-corrected chi connectivity index (χ4v) is 2.40. The van der Waals surface area contributed by atoms with Crippen molar-refractivity contribution >= 4 is 35.1 Å². The van der Waals surface area contributed by atoms with Gasteiger partial charge >= 0.3 is 0 Å². The molecule has 2 heterocycles. The molecule has 7 heteroatoms. The molecule has 2 N–H and O–H groups in total. The summed E-state index contributed by atoms with van der Waals surface area (Å²) in [7, 11) is 0. The first-order chi connectivity index (χ1) is 12.1. The Morgan fingerprint density at radius 2 is 2.04 bits per heavy atom. The molecule has 0 spiro atoms. The second-order valence-corrected chi connectivity index (χ2v) is 6.07. The third kappa shape index (κ3) is 4.65. The van der Waals surface area contributed by atoms with Crippen LogP contribution in [-0.4, -0.2) is 21.3 Å². The monoisotopic (exact) mass is 370 g/mol. The van der Waals surface area contributed by atoms with Crippen molar-refractivity contribution < 1.29 is 4.42 Å². The van der Waals surface area contributed by atoms with Crippen LogP contribution < -0.4 is 5.73 Å². The number of benzene rings is 1. The fourth-order valence-electron chi connectivity index (χ4n) is 2.16. The Kier molecular flexibility index (Phi) is 5.42. The van der Waals surface area contributed by atoms with E-state index in [1.165, 1.54) is 5.01 Å². The number of rotatable bonds is 5. The highest BCUT2D eigenvalue weighted by Crippen LogP contribution is 2.23. The van der Waals surface area contributed by atoms with E-state index in [4.69, 9.17) is 34.0 Å². The second-order valence-electron chi connectivity index (χ2n) is 5.21. The summed E-state index contributed by atoms with van der Waals surface area (Å²) in [5, 5.41) is 6.67. The van der Waals surface area contributed by atoms with Crippen molar-refractivity contribution in [3.05, 3.63) is 77.3 Å². The van der Waals surface area contributed by atoms with Gasteiger partial charge in [-0.2, -0.15) is 5.10 Å². The number of hydrogen-bond acceptors (Lipinski definition) is 4. The highest BCUT2D eigenvalue weighted by molar-refractivity contribution is 7.80. The van der Waals surface area contributed by atoms with Crippen LogP contribution in [0.3, 0.4) is 0 Å². The van der Waals surface area contributed by atoms with E-state index in [0.29, 0.717) is 17.3 Å². The smallest absolute Gasteiger partial charge is 0.187 e. The maximum absolute atomic E-state index is 5.90. The molecule has 0 saturated carbocycles. The summed E-state index contributed by atoms with van der Waals surface area (Å²) in [6, 6.07) is 14.9. The van der Waals surface area contributed by atoms with Crippen molar-refractivity contribution in [2.24, 2.45) is 10.8 Å². The third-order valence-corrected chi connectivity index (χ3v) is 3.85. The Labute approximate surface area is 155 Å². The van der Waals surface area contributed by atoms with Crippen LogP contribution in [0.5, 0.6) is 0 Å². The molecule has 0 amide bonds. The van der Waals surface area contributed by atoms with Gasteiger partial charge in [-0.25, -0.2) is 5.01 Å². The van der Waals surface area contributed by atoms with E-state index in [9.17, 15) is 0 Å². The SMILES string of the molecule is NC(=S)N(Cc1cccnc1)N=Cc1ccc(-c2ccc(Cl)cc2)o1. The van der Waals surface area contributed by atoms with Gasteiger partial charge in [0.1, 0.15) is 11.5 Å². The average Bonchev–Trinajstić information content (AvgIpc) is 3.09. The molecule has 0 unspecified atom stereocenters. The minimum atomic E-state index is 0.171. The molecule has 126 valence electrons. The van der Waals surface area contributed by atoms with Crippen LogP contribution in [0.15, 0.2) is 70.4 Å². The molecule has 0 atom stereocenters. The van der Waals surface area contributed by atoms with Crippen LogP contribution in [0.2, 0.25) is 5.02 Å². The van der Waals surface area contributed by atoms with E-state index in [0.717, 1.165) is 16.9 Å². The molecule has 0 aliphatic rings. The van der Waals surface area contributed by atoms with Gasteiger partial charge in [0.05, 0.1) is 12.8 Å². The Bertz CT molecular complexity index is 878. The zero-order valence-corrected chi connectivity index (χ0v) is 14.7. The van der Waals surface area contributed by atoms with Crippen LogP contribution >= 0.6 is 23.8 Å². The third-order valence-electron chi connectivity index (χ3n) is 3.39. The van der Waals surface area contributed by atoms with Crippen molar-refractivity contribution in [1.29, 1.82) is 0 Å². The van der Waals surface area contributed by atoms with E-state index in [1.54, 1.807) is 18.6 Å².